The molecule has 1 aliphatic heterocycles. The minimum absolute atomic E-state index is 0.195. The Bertz CT molecular complexity index is 661. The maximum Gasteiger partial charge on any atom is 0.231 e. The lowest BCUT2D eigenvalue weighted by atomic mass is 10.00. The molecular weight excluding hydrogens is 308 g/mol. The number of carbonyl (C=O) groups excluding carboxylic acids is 1. The van der Waals surface area contributed by atoms with Crippen molar-refractivity contribution in [2.24, 2.45) is 0 Å². The summed E-state index contributed by atoms with van der Waals surface area (Å²) >= 11 is 0. The van der Waals surface area contributed by atoms with Crippen LogP contribution in [0, 0.1) is 0 Å². The molecule has 0 atom stereocenters. The molecule has 3 rings (SSSR count). The number of anilines is 1. The molecule has 0 unspecified atom stereocenters. The molecule has 0 spiro atoms. The lowest BCUT2D eigenvalue weighted by Gasteiger charge is -2.40. The first-order valence-electron chi connectivity index (χ1n) is 9.30. The summed E-state index contributed by atoms with van der Waals surface area (Å²) in [6.45, 7) is 6.61. The molecule has 0 bridgehead atoms. The second-order valence-electron chi connectivity index (χ2n) is 7.12. The number of nitrogens with zero attached hydrogens (tertiary/aromatic N) is 2. The number of para-hydroxylation sites is 1. The van der Waals surface area contributed by atoms with Gasteiger partial charge in [-0.15, -0.1) is 0 Å². The molecule has 1 amide bonds. The quantitative estimate of drug-likeness (QED) is 0.819. The number of likely N-dealkylation sites (tertiary alicyclic amines) is 1. The van der Waals surface area contributed by atoms with Gasteiger partial charge in [0.2, 0.25) is 5.91 Å². The van der Waals surface area contributed by atoms with Crippen LogP contribution in [0.3, 0.4) is 0 Å². The Morgan fingerprint density at radius 1 is 1.00 bits per heavy atom. The molecule has 1 aliphatic rings. The number of benzene rings is 2. The van der Waals surface area contributed by atoms with Crippen molar-refractivity contribution in [3.63, 3.8) is 0 Å². The third-order valence-electron chi connectivity index (χ3n) is 5.10. The van der Waals surface area contributed by atoms with Gasteiger partial charge in [0.1, 0.15) is 0 Å². The topological polar surface area (TPSA) is 23.6 Å². The Kier molecular flexibility index (Phi) is 5.87. The van der Waals surface area contributed by atoms with Crippen LogP contribution in [0.5, 0.6) is 0 Å². The van der Waals surface area contributed by atoms with E-state index in [0.29, 0.717) is 12.5 Å². The van der Waals surface area contributed by atoms with Gasteiger partial charge in [0.25, 0.3) is 0 Å². The number of piperidine rings is 1. The van der Waals surface area contributed by atoms with E-state index in [1.165, 1.54) is 0 Å². The molecule has 25 heavy (non-hydrogen) atoms. The van der Waals surface area contributed by atoms with E-state index in [9.17, 15) is 4.79 Å². The van der Waals surface area contributed by atoms with E-state index in [4.69, 9.17) is 0 Å². The van der Waals surface area contributed by atoms with Gasteiger partial charge >= 0.3 is 0 Å². The minimum Gasteiger partial charge on any atom is -0.309 e. The van der Waals surface area contributed by atoms with Crippen molar-refractivity contribution in [2.75, 3.05) is 18.0 Å². The maximum absolute atomic E-state index is 13.1. The zero-order valence-electron chi connectivity index (χ0n) is 15.3. The molecule has 1 heterocycles. The molecule has 0 aromatic heterocycles. The number of hydrogen-bond acceptors (Lipinski definition) is 2. The average molecular weight is 336 g/mol. The first-order chi connectivity index (χ1) is 12.1. The Morgan fingerprint density at radius 3 is 2.12 bits per heavy atom. The fourth-order valence-corrected chi connectivity index (χ4v) is 3.66. The molecule has 0 N–H and O–H groups in total. The molecule has 1 saturated heterocycles. The van der Waals surface area contributed by atoms with Crippen molar-refractivity contribution in [1.82, 2.24) is 4.90 Å². The highest BCUT2D eigenvalue weighted by Crippen LogP contribution is 2.25. The molecular formula is C22H28N2O. The van der Waals surface area contributed by atoms with Crippen molar-refractivity contribution in [3.05, 3.63) is 66.2 Å². The SMILES string of the molecule is CC(C)N1CCC(N(C(=O)Cc2ccccc2)c2ccccc2)CC1. The monoisotopic (exact) mass is 336 g/mol. The van der Waals surface area contributed by atoms with Crippen LogP contribution < -0.4 is 4.90 Å². The van der Waals surface area contributed by atoms with Crippen molar-refractivity contribution in [1.29, 1.82) is 0 Å². The van der Waals surface area contributed by atoms with Crippen LogP contribution in [0.1, 0.15) is 32.3 Å². The molecule has 3 heteroatoms. The summed E-state index contributed by atoms with van der Waals surface area (Å²) in [5.41, 5.74) is 2.10. The first kappa shape index (κ1) is 17.7. The van der Waals surface area contributed by atoms with Gasteiger partial charge in [-0.25, -0.2) is 0 Å². The van der Waals surface area contributed by atoms with Gasteiger partial charge in [-0.2, -0.15) is 0 Å². The van der Waals surface area contributed by atoms with Crippen LogP contribution in [0.15, 0.2) is 60.7 Å². The second kappa shape index (κ2) is 8.30. The van der Waals surface area contributed by atoms with Gasteiger partial charge < -0.3 is 9.80 Å². The van der Waals surface area contributed by atoms with Gasteiger partial charge in [-0.3, -0.25) is 4.79 Å². The third kappa shape index (κ3) is 4.49. The summed E-state index contributed by atoms with van der Waals surface area (Å²) in [5.74, 6) is 0.195. The summed E-state index contributed by atoms with van der Waals surface area (Å²) in [5, 5.41) is 0. The standard InChI is InChI=1S/C22H28N2O/c1-18(2)23-15-13-21(14-16-23)24(20-11-7-4-8-12-20)22(25)17-19-9-5-3-6-10-19/h3-12,18,21H,13-17H2,1-2H3. The van der Waals surface area contributed by atoms with Gasteiger partial charge in [0, 0.05) is 30.9 Å². The lowest BCUT2D eigenvalue weighted by Crippen LogP contribution is -2.49. The normalized spacial score (nSPS) is 16.1. The highest BCUT2D eigenvalue weighted by molar-refractivity contribution is 5.95. The second-order valence-corrected chi connectivity index (χ2v) is 7.12. The number of carbonyl (C=O) groups is 1. The largest absolute Gasteiger partial charge is 0.309 e. The van der Waals surface area contributed by atoms with Crippen LogP contribution in [0.4, 0.5) is 5.69 Å². The van der Waals surface area contributed by atoms with Gasteiger partial charge in [-0.1, -0.05) is 48.5 Å². The maximum atomic E-state index is 13.1. The number of hydrogen-bond donors (Lipinski definition) is 0. The van der Waals surface area contributed by atoms with E-state index >= 15 is 0 Å². The zero-order valence-corrected chi connectivity index (χ0v) is 15.3. The summed E-state index contributed by atoms with van der Waals surface area (Å²) < 4.78 is 0. The molecule has 3 nitrogen and oxygen atoms in total. The van der Waals surface area contributed by atoms with E-state index in [0.717, 1.165) is 37.2 Å². The van der Waals surface area contributed by atoms with Crippen LogP contribution >= 0.6 is 0 Å². The molecule has 132 valence electrons. The van der Waals surface area contributed by atoms with Crippen molar-refractivity contribution < 1.29 is 4.79 Å². The van der Waals surface area contributed by atoms with Crippen molar-refractivity contribution in [2.45, 2.75) is 45.2 Å². The van der Waals surface area contributed by atoms with Crippen LogP contribution in [-0.4, -0.2) is 36.0 Å². The Balaban J connectivity index is 1.78. The fourth-order valence-electron chi connectivity index (χ4n) is 3.66. The molecule has 0 radical (unpaired) electrons. The fraction of sp³-hybridized carbons (Fsp3) is 0.409. The van der Waals surface area contributed by atoms with Gasteiger partial charge in [0.05, 0.1) is 6.42 Å². The van der Waals surface area contributed by atoms with E-state index in [-0.39, 0.29) is 11.9 Å². The average Bonchev–Trinajstić information content (AvgIpc) is 2.64. The van der Waals surface area contributed by atoms with Gasteiger partial charge in [-0.05, 0) is 44.4 Å². The molecule has 0 aliphatic carbocycles. The Labute approximate surface area is 151 Å². The summed E-state index contributed by atoms with van der Waals surface area (Å²) in [6.07, 6.45) is 2.53. The third-order valence-corrected chi connectivity index (χ3v) is 5.10. The smallest absolute Gasteiger partial charge is 0.231 e. The Hall–Kier alpha value is -2.13. The van der Waals surface area contributed by atoms with Crippen molar-refractivity contribution in [3.8, 4) is 0 Å². The van der Waals surface area contributed by atoms with E-state index in [2.05, 4.69) is 30.9 Å². The molecule has 0 saturated carbocycles. The molecule has 1 fully saturated rings. The zero-order chi connectivity index (χ0) is 17.6. The van der Waals surface area contributed by atoms with Crippen LogP contribution in [-0.2, 0) is 11.2 Å². The Morgan fingerprint density at radius 2 is 1.56 bits per heavy atom. The summed E-state index contributed by atoms with van der Waals surface area (Å²) in [4.78, 5) is 17.7. The predicted molar refractivity (Wildman–Crippen MR) is 104 cm³/mol. The van der Waals surface area contributed by atoms with Crippen LogP contribution in [0.25, 0.3) is 0 Å². The summed E-state index contributed by atoms with van der Waals surface area (Å²) in [6, 6.07) is 21.0. The lowest BCUT2D eigenvalue weighted by molar-refractivity contribution is -0.118. The number of rotatable bonds is 5. The van der Waals surface area contributed by atoms with E-state index in [1.54, 1.807) is 0 Å². The van der Waals surface area contributed by atoms with Gasteiger partial charge in [0.15, 0.2) is 0 Å². The minimum atomic E-state index is 0.195. The first-order valence-corrected chi connectivity index (χ1v) is 9.30. The number of amides is 1. The van der Waals surface area contributed by atoms with E-state index < -0.39 is 0 Å². The van der Waals surface area contributed by atoms with Crippen LogP contribution in [0.2, 0.25) is 0 Å². The highest BCUT2D eigenvalue weighted by Gasteiger charge is 2.29. The predicted octanol–water partition coefficient (Wildman–Crippen LogP) is 4.14. The molecule has 2 aromatic rings. The molecule has 2 aromatic carbocycles. The highest BCUT2D eigenvalue weighted by atomic mass is 16.2. The summed E-state index contributed by atoms with van der Waals surface area (Å²) in [7, 11) is 0. The van der Waals surface area contributed by atoms with Crippen molar-refractivity contribution >= 4 is 11.6 Å². The van der Waals surface area contributed by atoms with E-state index in [1.807, 2.05) is 53.4 Å².